The number of hydrogen-bond acceptors (Lipinski definition) is 3. The molecule has 0 spiro atoms. The zero-order valence-corrected chi connectivity index (χ0v) is 19.9. The van der Waals surface area contributed by atoms with Gasteiger partial charge in [0.25, 0.3) is 0 Å². The van der Waals surface area contributed by atoms with Crippen molar-refractivity contribution < 1.29 is 19.4 Å². The van der Waals surface area contributed by atoms with Crippen LogP contribution in [0, 0.1) is 6.92 Å². The van der Waals surface area contributed by atoms with Crippen molar-refractivity contribution >= 4 is 11.9 Å². The highest BCUT2D eigenvalue weighted by molar-refractivity contribution is 5.92. The Labute approximate surface area is 196 Å². The molecule has 0 amide bonds. The number of aryl methyl sites for hydroxylation is 1. The third kappa shape index (κ3) is 5.70. The highest BCUT2D eigenvalue weighted by Gasteiger charge is 2.21. The standard InChI is InChI=1S/C29H32O4/c1-5-7-8-20(4)27-24(6-2)26(28(30)31)18-17-25(27)21-13-15-23(16-14-21)33-29(32)22-11-9-19(3)10-12-22/h9-18,20H,5-8H2,1-4H3,(H,30,31). The predicted molar refractivity (Wildman–Crippen MR) is 132 cm³/mol. The van der Waals surface area contributed by atoms with Crippen molar-refractivity contribution in [3.05, 3.63) is 88.5 Å². The van der Waals surface area contributed by atoms with Crippen LogP contribution in [0.25, 0.3) is 11.1 Å². The number of carbonyl (C=O) groups excluding carboxylic acids is 1. The first-order valence-corrected chi connectivity index (χ1v) is 11.6. The number of carboxylic acids is 1. The maximum absolute atomic E-state index is 12.4. The maximum atomic E-state index is 12.4. The molecule has 0 radical (unpaired) electrons. The molecule has 0 bridgehead atoms. The molecule has 1 unspecified atom stereocenters. The van der Waals surface area contributed by atoms with Crippen LogP contribution in [0.15, 0.2) is 60.7 Å². The molecule has 172 valence electrons. The molecule has 0 heterocycles. The smallest absolute Gasteiger partial charge is 0.343 e. The fourth-order valence-electron chi connectivity index (χ4n) is 4.27. The Hall–Kier alpha value is -3.40. The molecule has 0 aliphatic heterocycles. The molecular weight excluding hydrogens is 412 g/mol. The van der Waals surface area contributed by atoms with E-state index in [-0.39, 0.29) is 5.92 Å². The summed E-state index contributed by atoms with van der Waals surface area (Å²) in [6.45, 7) is 8.32. The molecular formula is C29H32O4. The zero-order chi connectivity index (χ0) is 24.0. The molecule has 0 aliphatic carbocycles. The first-order valence-electron chi connectivity index (χ1n) is 11.6. The predicted octanol–water partition coefficient (Wildman–Crippen LogP) is 7.44. The monoisotopic (exact) mass is 444 g/mol. The summed E-state index contributed by atoms with van der Waals surface area (Å²) in [4.78, 5) is 24.3. The Bertz CT molecular complexity index is 1110. The number of ether oxygens (including phenoxy) is 1. The maximum Gasteiger partial charge on any atom is 0.343 e. The molecule has 3 aromatic rings. The number of carbonyl (C=O) groups is 2. The summed E-state index contributed by atoms with van der Waals surface area (Å²) in [7, 11) is 0. The van der Waals surface area contributed by atoms with Gasteiger partial charge in [0, 0.05) is 0 Å². The summed E-state index contributed by atoms with van der Waals surface area (Å²) in [6.07, 6.45) is 3.86. The Morgan fingerprint density at radius 2 is 1.61 bits per heavy atom. The van der Waals surface area contributed by atoms with Crippen LogP contribution in [0.4, 0.5) is 0 Å². The molecule has 0 fully saturated rings. The number of hydrogen-bond donors (Lipinski definition) is 1. The van der Waals surface area contributed by atoms with Crippen molar-refractivity contribution in [2.75, 3.05) is 0 Å². The summed E-state index contributed by atoms with van der Waals surface area (Å²) in [5.41, 5.74) is 6.00. The minimum absolute atomic E-state index is 0.244. The molecule has 1 atom stereocenters. The number of unbranched alkanes of at least 4 members (excludes halogenated alkanes) is 1. The number of carboxylic acid groups (broad SMARTS) is 1. The van der Waals surface area contributed by atoms with Crippen LogP contribution >= 0.6 is 0 Å². The van der Waals surface area contributed by atoms with Gasteiger partial charge < -0.3 is 9.84 Å². The lowest BCUT2D eigenvalue weighted by molar-refractivity contribution is 0.0693. The van der Waals surface area contributed by atoms with Crippen LogP contribution in [0.5, 0.6) is 5.75 Å². The number of esters is 1. The minimum atomic E-state index is -0.888. The first-order chi connectivity index (χ1) is 15.8. The Morgan fingerprint density at radius 1 is 0.939 bits per heavy atom. The summed E-state index contributed by atoms with van der Waals surface area (Å²) >= 11 is 0. The van der Waals surface area contributed by atoms with E-state index in [2.05, 4.69) is 13.8 Å². The van der Waals surface area contributed by atoms with Crippen molar-refractivity contribution in [3.8, 4) is 16.9 Å². The average molecular weight is 445 g/mol. The molecule has 3 aromatic carbocycles. The molecule has 0 saturated heterocycles. The van der Waals surface area contributed by atoms with Gasteiger partial charge >= 0.3 is 11.9 Å². The van der Waals surface area contributed by atoms with E-state index in [1.165, 1.54) is 0 Å². The Balaban J connectivity index is 1.94. The van der Waals surface area contributed by atoms with E-state index in [4.69, 9.17) is 4.74 Å². The second-order valence-corrected chi connectivity index (χ2v) is 8.53. The highest BCUT2D eigenvalue weighted by atomic mass is 16.5. The third-order valence-corrected chi connectivity index (χ3v) is 6.09. The second-order valence-electron chi connectivity index (χ2n) is 8.53. The van der Waals surface area contributed by atoms with Gasteiger partial charge in [0.05, 0.1) is 11.1 Å². The van der Waals surface area contributed by atoms with Gasteiger partial charge in [-0.25, -0.2) is 9.59 Å². The van der Waals surface area contributed by atoms with Crippen LogP contribution < -0.4 is 4.74 Å². The van der Waals surface area contributed by atoms with Crippen molar-refractivity contribution in [1.82, 2.24) is 0 Å². The average Bonchev–Trinajstić information content (AvgIpc) is 2.82. The lowest BCUT2D eigenvalue weighted by atomic mass is 9.82. The van der Waals surface area contributed by atoms with Gasteiger partial charge in [0.2, 0.25) is 0 Å². The normalized spacial score (nSPS) is 11.8. The number of rotatable bonds is 9. The zero-order valence-electron chi connectivity index (χ0n) is 19.9. The van der Waals surface area contributed by atoms with Gasteiger partial charge in [-0.2, -0.15) is 0 Å². The van der Waals surface area contributed by atoms with Crippen LogP contribution in [0.1, 0.15) is 83.4 Å². The first kappa shape index (κ1) is 24.2. The highest BCUT2D eigenvalue weighted by Crippen LogP contribution is 2.37. The molecule has 3 rings (SSSR count). The quantitative estimate of drug-likeness (QED) is 0.275. The van der Waals surface area contributed by atoms with Crippen LogP contribution in [-0.4, -0.2) is 17.0 Å². The fourth-order valence-corrected chi connectivity index (χ4v) is 4.27. The van der Waals surface area contributed by atoms with Gasteiger partial charge in [-0.3, -0.25) is 0 Å². The summed E-state index contributed by atoms with van der Waals surface area (Å²) < 4.78 is 5.54. The van der Waals surface area contributed by atoms with Crippen molar-refractivity contribution in [3.63, 3.8) is 0 Å². The Kier molecular flexibility index (Phi) is 8.05. The fraction of sp³-hybridized carbons (Fsp3) is 0.310. The molecule has 33 heavy (non-hydrogen) atoms. The van der Waals surface area contributed by atoms with Gasteiger partial charge in [-0.1, -0.05) is 69.5 Å². The van der Waals surface area contributed by atoms with Crippen molar-refractivity contribution in [1.29, 1.82) is 0 Å². The van der Waals surface area contributed by atoms with E-state index in [1.54, 1.807) is 30.3 Å². The second kappa shape index (κ2) is 11.0. The molecule has 0 aromatic heterocycles. The number of benzene rings is 3. The molecule has 0 saturated carbocycles. The molecule has 1 N–H and O–H groups in total. The van der Waals surface area contributed by atoms with Crippen LogP contribution in [-0.2, 0) is 6.42 Å². The summed E-state index contributed by atoms with van der Waals surface area (Å²) in [5.74, 6) is -0.563. The minimum Gasteiger partial charge on any atom is -0.478 e. The van der Waals surface area contributed by atoms with Crippen molar-refractivity contribution in [2.45, 2.75) is 59.3 Å². The largest absolute Gasteiger partial charge is 0.478 e. The van der Waals surface area contributed by atoms with E-state index in [0.29, 0.717) is 23.3 Å². The van der Waals surface area contributed by atoms with E-state index >= 15 is 0 Å². The van der Waals surface area contributed by atoms with Crippen molar-refractivity contribution in [2.24, 2.45) is 0 Å². The third-order valence-electron chi connectivity index (χ3n) is 6.09. The van der Waals surface area contributed by atoms with E-state index in [9.17, 15) is 14.7 Å². The van der Waals surface area contributed by atoms with Gasteiger partial charge in [-0.15, -0.1) is 0 Å². The molecule has 4 nitrogen and oxygen atoms in total. The SMILES string of the molecule is CCCCC(C)c1c(-c2ccc(OC(=O)c3ccc(C)cc3)cc2)ccc(C(=O)O)c1CC. The van der Waals surface area contributed by atoms with Gasteiger partial charge in [0.1, 0.15) is 5.75 Å². The topological polar surface area (TPSA) is 63.6 Å². The Morgan fingerprint density at radius 3 is 2.18 bits per heavy atom. The molecule has 4 heteroatoms. The molecule has 0 aliphatic rings. The lowest BCUT2D eigenvalue weighted by Gasteiger charge is -2.22. The number of aromatic carboxylic acids is 1. The van der Waals surface area contributed by atoms with Crippen LogP contribution in [0.3, 0.4) is 0 Å². The van der Waals surface area contributed by atoms with Gasteiger partial charge in [-0.05, 0) is 78.3 Å². The summed E-state index contributed by atoms with van der Waals surface area (Å²) in [5, 5.41) is 9.72. The van der Waals surface area contributed by atoms with E-state index in [0.717, 1.165) is 47.1 Å². The summed E-state index contributed by atoms with van der Waals surface area (Å²) in [6, 6.07) is 18.3. The van der Waals surface area contributed by atoms with Crippen LogP contribution in [0.2, 0.25) is 0 Å². The van der Waals surface area contributed by atoms with Gasteiger partial charge in [0.15, 0.2) is 0 Å². The lowest BCUT2D eigenvalue weighted by Crippen LogP contribution is -2.10. The van der Waals surface area contributed by atoms with E-state index in [1.807, 2.05) is 44.2 Å². The van der Waals surface area contributed by atoms with E-state index < -0.39 is 11.9 Å².